The molecule has 0 bridgehead atoms. The molecule has 0 aliphatic carbocycles. The number of hydroxylamine groups is 1. The van der Waals surface area contributed by atoms with Gasteiger partial charge >= 0.3 is 6.18 Å². The number of hydrogen-bond donors (Lipinski definition) is 2. The van der Waals surface area contributed by atoms with E-state index < -0.39 is 24.8 Å². The summed E-state index contributed by atoms with van der Waals surface area (Å²) in [5.74, 6) is -0.988. The molecule has 3 rings (SSSR count). The summed E-state index contributed by atoms with van der Waals surface area (Å²) in [4.78, 5) is 17.2. The molecule has 130 valence electrons. The van der Waals surface area contributed by atoms with Crippen LogP contribution in [0.1, 0.15) is 11.1 Å². The Morgan fingerprint density at radius 1 is 1.08 bits per heavy atom. The Bertz CT molecular complexity index is 806. The van der Waals surface area contributed by atoms with Crippen molar-refractivity contribution < 1.29 is 23.2 Å². The van der Waals surface area contributed by atoms with Gasteiger partial charge in [0.2, 0.25) is 6.17 Å². The number of benzene rings is 2. The molecule has 1 amide bonds. The van der Waals surface area contributed by atoms with Gasteiger partial charge in [0.15, 0.2) is 0 Å². The highest BCUT2D eigenvalue weighted by Crippen LogP contribution is 2.30. The molecule has 0 spiro atoms. The molecule has 25 heavy (non-hydrogen) atoms. The number of amides is 1. The highest BCUT2D eigenvalue weighted by Gasteiger charge is 2.39. The summed E-state index contributed by atoms with van der Waals surface area (Å²) in [5.41, 5.74) is 3.11. The van der Waals surface area contributed by atoms with E-state index in [1.807, 2.05) is 0 Å². The fraction of sp³-hybridized carbons (Fsp3) is 0.176. The van der Waals surface area contributed by atoms with Crippen LogP contribution in [0.25, 0.3) is 0 Å². The smallest absolute Gasteiger partial charge is 0.314 e. The molecule has 0 unspecified atom stereocenters. The lowest BCUT2D eigenvalue weighted by atomic mass is 10.0. The van der Waals surface area contributed by atoms with Gasteiger partial charge in [0, 0.05) is 11.1 Å². The maximum Gasteiger partial charge on any atom is 0.406 e. The van der Waals surface area contributed by atoms with Crippen LogP contribution >= 0.6 is 0 Å². The summed E-state index contributed by atoms with van der Waals surface area (Å²) < 4.78 is 38.9. The third kappa shape index (κ3) is 3.54. The molecule has 2 aromatic rings. The Labute approximate surface area is 141 Å². The number of nitrogens with zero attached hydrogens (tertiary/aromatic N) is 2. The van der Waals surface area contributed by atoms with Gasteiger partial charge in [-0.25, -0.2) is 0 Å². The van der Waals surface area contributed by atoms with Crippen LogP contribution in [-0.2, 0) is 4.79 Å². The van der Waals surface area contributed by atoms with Crippen molar-refractivity contribution in [1.82, 2.24) is 5.48 Å². The topological polar surface area (TPSA) is 64.9 Å². The van der Waals surface area contributed by atoms with Crippen LogP contribution in [0, 0.1) is 0 Å². The predicted molar refractivity (Wildman–Crippen MR) is 85.6 cm³/mol. The lowest BCUT2D eigenvalue weighted by molar-refractivity contribution is -0.135. The third-order valence-electron chi connectivity index (χ3n) is 3.72. The second kappa shape index (κ2) is 6.66. The average Bonchev–Trinajstić information content (AvgIpc) is 2.71. The first-order chi connectivity index (χ1) is 11.9. The minimum absolute atomic E-state index is 0.0881. The van der Waals surface area contributed by atoms with Crippen molar-refractivity contribution in [3.05, 3.63) is 65.7 Å². The van der Waals surface area contributed by atoms with Crippen LogP contribution in [0.5, 0.6) is 0 Å². The van der Waals surface area contributed by atoms with Gasteiger partial charge in [-0.2, -0.15) is 18.7 Å². The zero-order valence-electron chi connectivity index (χ0n) is 12.9. The normalized spacial score (nSPS) is 17.8. The Balaban J connectivity index is 2.19. The molecule has 1 heterocycles. The van der Waals surface area contributed by atoms with Gasteiger partial charge in [-0.3, -0.25) is 14.7 Å². The Morgan fingerprint density at radius 2 is 1.72 bits per heavy atom. The van der Waals surface area contributed by atoms with Crippen molar-refractivity contribution in [3.8, 4) is 0 Å². The van der Waals surface area contributed by atoms with Crippen molar-refractivity contribution in [2.24, 2.45) is 4.99 Å². The van der Waals surface area contributed by atoms with Crippen LogP contribution in [-0.4, -0.2) is 35.7 Å². The fourth-order valence-electron chi connectivity index (χ4n) is 2.68. The summed E-state index contributed by atoms with van der Waals surface area (Å²) in [5, 5.41) is 9.26. The number of para-hydroxylation sites is 1. The largest absolute Gasteiger partial charge is 0.406 e. The molecule has 0 aromatic heterocycles. The Morgan fingerprint density at radius 3 is 2.36 bits per heavy atom. The summed E-state index contributed by atoms with van der Waals surface area (Å²) in [6.07, 6.45) is -6.13. The SMILES string of the molecule is O=C1[C@H](NO)N=C(c2ccccc2)c2ccccc2N1CC(F)(F)F. The second-order valence-electron chi connectivity index (χ2n) is 5.43. The first kappa shape index (κ1) is 17.1. The summed E-state index contributed by atoms with van der Waals surface area (Å²) in [6.45, 7) is -1.47. The number of carbonyl (C=O) groups is 1. The standard InChI is InChI=1S/C17H14F3N3O2/c18-17(19,20)10-23-13-9-5-4-8-12(13)14(11-6-2-1-3-7-11)21-15(22-25)16(23)24/h1-9,15,22,25H,10H2/t15-/m0/s1. The molecule has 0 saturated carbocycles. The first-order valence-corrected chi connectivity index (χ1v) is 7.41. The summed E-state index contributed by atoms with van der Waals surface area (Å²) >= 11 is 0. The number of fused-ring (bicyclic) bond motifs is 1. The summed E-state index contributed by atoms with van der Waals surface area (Å²) in [6, 6.07) is 15.0. The molecule has 0 fully saturated rings. The molecule has 2 aromatic carbocycles. The molecular formula is C17H14F3N3O2. The number of anilines is 1. The average molecular weight is 349 g/mol. The molecular weight excluding hydrogens is 335 g/mol. The second-order valence-corrected chi connectivity index (χ2v) is 5.43. The Kier molecular flexibility index (Phi) is 4.56. The van der Waals surface area contributed by atoms with Gasteiger partial charge in [0.25, 0.3) is 5.91 Å². The van der Waals surface area contributed by atoms with E-state index in [1.165, 1.54) is 6.07 Å². The number of hydrogen-bond acceptors (Lipinski definition) is 4. The maximum atomic E-state index is 13.0. The highest BCUT2D eigenvalue weighted by molar-refractivity contribution is 6.20. The molecule has 2 N–H and O–H groups in total. The van der Waals surface area contributed by atoms with Crippen LogP contribution < -0.4 is 10.4 Å². The van der Waals surface area contributed by atoms with Crippen molar-refractivity contribution in [1.29, 1.82) is 0 Å². The molecule has 5 nitrogen and oxygen atoms in total. The van der Waals surface area contributed by atoms with Crippen LogP contribution in [0.15, 0.2) is 59.6 Å². The van der Waals surface area contributed by atoms with E-state index in [0.29, 0.717) is 21.7 Å². The fourth-order valence-corrected chi connectivity index (χ4v) is 2.68. The lowest BCUT2D eigenvalue weighted by Gasteiger charge is -2.25. The van der Waals surface area contributed by atoms with Gasteiger partial charge in [0.05, 0.1) is 11.4 Å². The van der Waals surface area contributed by atoms with E-state index in [-0.39, 0.29) is 5.69 Å². The minimum atomic E-state index is -4.60. The number of carbonyl (C=O) groups excluding carboxylic acids is 1. The maximum absolute atomic E-state index is 13.0. The van der Waals surface area contributed by atoms with E-state index in [4.69, 9.17) is 0 Å². The zero-order valence-corrected chi connectivity index (χ0v) is 12.9. The lowest BCUT2D eigenvalue weighted by Crippen LogP contribution is -2.47. The third-order valence-corrected chi connectivity index (χ3v) is 3.72. The molecule has 0 saturated heterocycles. The molecule has 1 aliphatic rings. The molecule has 1 aliphatic heterocycles. The van der Waals surface area contributed by atoms with Gasteiger partial charge in [0.1, 0.15) is 6.54 Å². The van der Waals surface area contributed by atoms with Gasteiger partial charge in [-0.1, -0.05) is 48.5 Å². The minimum Gasteiger partial charge on any atom is -0.314 e. The monoisotopic (exact) mass is 349 g/mol. The number of aliphatic imine (C=N–C) groups is 1. The number of halogens is 3. The Hall–Kier alpha value is -2.71. The van der Waals surface area contributed by atoms with Crippen molar-refractivity contribution in [2.45, 2.75) is 12.3 Å². The number of rotatable bonds is 3. The van der Waals surface area contributed by atoms with E-state index in [9.17, 15) is 23.2 Å². The van der Waals surface area contributed by atoms with Crippen molar-refractivity contribution in [3.63, 3.8) is 0 Å². The molecule has 0 radical (unpaired) electrons. The highest BCUT2D eigenvalue weighted by atomic mass is 19.4. The number of benzodiazepines with no additional fused rings is 1. The van der Waals surface area contributed by atoms with Gasteiger partial charge in [-0.15, -0.1) is 0 Å². The van der Waals surface area contributed by atoms with Crippen LogP contribution in [0.3, 0.4) is 0 Å². The van der Waals surface area contributed by atoms with Gasteiger partial charge in [-0.05, 0) is 6.07 Å². The quantitative estimate of drug-likeness (QED) is 0.838. The summed E-state index contributed by atoms with van der Waals surface area (Å²) in [7, 11) is 0. The van der Waals surface area contributed by atoms with Crippen molar-refractivity contribution >= 4 is 17.3 Å². The van der Waals surface area contributed by atoms with E-state index in [1.54, 1.807) is 54.0 Å². The number of alkyl halides is 3. The van der Waals surface area contributed by atoms with Crippen LogP contribution in [0.4, 0.5) is 18.9 Å². The van der Waals surface area contributed by atoms with Crippen molar-refractivity contribution in [2.75, 3.05) is 11.4 Å². The molecule has 1 atom stereocenters. The molecule has 8 heteroatoms. The van der Waals surface area contributed by atoms with Gasteiger partial charge < -0.3 is 5.21 Å². The van der Waals surface area contributed by atoms with E-state index in [0.717, 1.165) is 0 Å². The van der Waals surface area contributed by atoms with E-state index >= 15 is 0 Å². The van der Waals surface area contributed by atoms with Crippen LogP contribution in [0.2, 0.25) is 0 Å². The first-order valence-electron chi connectivity index (χ1n) is 7.41. The number of nitrogens with one attached hydrogen (secondary N) is 1. The predicted octanol–water partition coefficient (Wildman–Crippen LogP) is 2.74. The van der Waals surface area contributed by atoms with E-state index in [2.05, 4.69) is 4.99 Å². The zero-order chi connectivity index (χ0) is 18.0.